The van der Waals surface area contributed by atoms with Crippen molar-refractivity contribution in [2.75, 3.05) is 6.54 Å². The molecule has 0 bridgehead atoms. The van der Waals surface area contributed by atoms with Crippen molar-refractivity contribution in [2.24, 2.45) is 0 Å². The van der Waals surface area contributed by atoms with Crippen molar-refractivity contribution in [1.82, 2.24) is 4.90 Å². The van der Waals surface area contributed by atoms with Gasteiger partial charge in [-0.1, -0.05) is 63.4 Å². The van der Waals surface area contributed by atoms with Crippen LogP contribution in [0.5, 0.6) is 0 Å². The average Bonchev–Trinajstić information content (AvgIpc) is 3.00. The monoisotopic (exact) mass is 517 g/mol. The molecule has 1 aliphatic rings. The third-order valence-electron chi connectivity index (χ3n) is 6.84. The van der Waals surface area contributed by atoms with Crippen molar-refractivity contribution >= 4 is 37.6 Å². The van der Waals surface area contributed by atoms with Crippen LogP contribution in [-0.4, -0.2) is 48.2 Å². The molecule has 1 unspecified atom stereocenters. The van der Waals surface area contributed by atoms with Crippen LogP contribution in [0.3, 0.4) is 0 Å². The van der Waals surface area contributed by atoms with E-state index in [4.69, 9.17) is 32.4 Å². The van der Waals surface area contributed by atoms with E-state index >= 15 is 0 Å². The molecule has 1 aromatic carbocycles. The van der Waals surface area contributed by atoms with Crippen LogP contribution in [0.15, 0.2) is 18.2 Å². The summed E-state index contributed by atoms with van der Waals surface area (Å²) in [6.07, 6.45) is 0.315. The Morgan fingerprint density at radius 3 is 2.30 bits per heavy atom. The number of carbonyl (C=O) groups excluding carboxylic acids is 1. The molecule has 1 fully saturated rings. The van der Waals surface area contributed by atoms with E-state index in [0.717, 1.165) is 6.42 Å². The number of likely N-dealkylation sites (tertiary alicyclic amines) is 1. The van der Waals surface area contributed by atoms with E-state index in [1.807, 2.05) is 20.8 Å². The van der Waals surface area contributed by atoms with Crippen molar-refractivity contribution < 1.29 is 19.1 Å². The molecule has 1 N–H and O–H groups in total. The minimum absolute atomic E-state index is 0.0298. The zero-order chi connectivity index (χ0) is 25.4. The highest BCUT2D eigenvalue weighted by molar-refractivity contribution is 6.74. The van der Waals surface area contributed by atoms with Gasteiger partial charge in [0.1, 0.15) is 11.7 Å². The summed E-state index contributed by atoms with van der Waals surface area (Å²) in [5.41, 5.74) is -0.900. The number of hydrogen-bond donors (Lipinski definition) is 1. The van der Waals surface area contributed by atoms with Crippen molar-refractivity contribution in [1.29, 1.82) is 0 Å². The largest absolute Gasteiger partial charge is 0.444 e. The van der Waals surface area contributed by atoms with Gasteiger partial charge in [0, 0.05) is 13.0 Å². The summed E-state index contributed by atoms with van der Waals surface area (Å²) in [5, 5.41) is 12.5. The quantitative estimate of drug-likeness (QED) is 0.394. The van der Waals surface area contributed by atoms with Gasteiger partial charge < -0.3 is 14.3 Å². The lowest BCUT2D eigenvalue weighted by Gasteiger charge is -2.42. The predicted octanol–water partition coefficient (Wildman–Crippen LogP) is 7.60. The van der Waals surface area contributed by atoms with Crippen molar-refractivity contribution in [3.05, 3.63) is 33.8 Å². The number of aliphatic hydroxyl groups is 1. The highest BCUT2D eigenvalue weighted by atomic mass is 35.5. The van der Waals surface area contributed by atoms with E-state index in [1.165, 1.54) is 0 Å². The molecule has 1 aromatic rings. The molecule has 0 aliphatic carbocycles. The van der Waals surface area contributed by atoms with Crippen LogP contribution in [0.4, 0.5) is 4.79 Å². The van der Waals surface area contributed by atoms with Gasteiger partial charge in [0.25, 0.3) is 0 Å². The predicted molar refractivity (Wildman–Crippen MR) is 139 cm³/mol. The molecule has 5 nitrogen and oxygen atoms in total. The molecule has 2 rings (SSSR count). The van der Waals surface area contributed by atoms with E-state index in [2.05, 4.69) is 40.8 Å². The molecule has 33 heavy (non-hydrogen) atoms. The van der Waals surface area contributed by atoms with Gasteiger partial charge >= 0.3 is 6.09 Å². The molecular weight excluding hydrogens is 477 g/mol. The van der Waals surface area contributed by atoms with E-state index in [-0.39, 0.29) is 11.1 Å². The Morgan fingerprint density at radius 1 is 1.21 bits per heavy atom. The van der Waals surface area contributed by atoms with Crippen LogP contribution in [0.1, 0.15) is 79.4 Å². The van der Waals surface area contributed by atoms with Crippen molar-refractivity contribution in [3.63, 3.8) is 0 Å². The second kappa shape index (κ2) is 10.1. The first kappa shape index (κ1) is 28.4. The molecule has 8 heteroatoms. The minimum atomic E-state index is -2.10. The number of carbonyl (C=O) groups is 1. The summed E-state index contributed by atoms with van der Waals surface area (Å²) in [5.74, 6) is 0. The maximum Gasteiger partial charge on any atom is 0.410 e. The summed E-state index contributed by atoms with van der Waals surface area (Å²) in [6, 6.07) is 5.13. The standard InChI is InChI=1S/C25H41Cl2NO4Si/c1-10-13-25(21(29)17-11-12-19(26)20(27)14-17)15-18(32-33(8,9)24(5,6)7)16-28(25)22(30)31-23(2,3)4/h11-12,14,18,21,29H,10,13,15-16H2,1-9H3/t18-,21?,25-/m1/s1. The number of hydrogen-bond acceptors (Lipinski definition) is 4. The maximum absolute atomic E-state index is 13.4. The summed E-state index contributed by atoms with van der Waals surface area (Å²) < 4.78 is 12.5. The second-order valence-corrected chi connectivity index (χ2v) is 17.3. The fourth-order valence-electron chi connectivity index (χ4n) is 4.26. The number of rotatable bonds is 6. The first-order valence-electron chi connectivity index (χ1n) is 11.7. The normalized spacial score (nSPS) is 23.0. The van der Waals surface area contributed by atoms with Crippen LogP contribution < -0.4 is 0 Å². The number of benzene rings is 1. The molecule has 1 heterocycles. The Hall–Kier alpha value is -0.793. The first-order valence-corrected chi connectivity index (χ1v) is 15.4. The fourth-order valence-corrected chi connectivity index (χ4v) is 5.91. The van der Waals surface area contributed by atoms with Gasteiger partial charge in [0.15, 0.2) is 8.32 Å². The molecule has 188 valence electrons. The summed E-state index contributed by atoms with van der Waals surface area (Å²) in [7, 11) is -2.10. The first-order chi connectivity index (χ1) is 14.9. The van der Waals surface area contributed by atoms with Gasteiger partial charge in [-0.25, -0.2) is 4.79 Å². The highest BCUT2D eigenvalue weighted by Gasteiger charge is 2.55. The maximum atomic E-state index is 13.4. The number of aliphatic hydroxyl groups excluding tert-OH is 1. The Bertz CT molecular complexity index is 850. The zero-order valence-corrected chi connectivity index (χ0v) is 24.1. The topological polar surface area (TPSA) is 59.0 Å². The second-order valence-electron chi connectivity index (χ2n) is 11.7. The van der Waals surface area contributed by atoms with Crippen molar-refractivity contribution in [3.8, 4) is 0 Å². The number of nitrogens with zero attached hydrogens (tertiary/aromatic N) is 1. The number of ether oxygens (including phenoxy) is 1. The Labute approximate surface area is 210 Å². The number of amides is 1. The van der Waals surface area contributed by atoms with Crippen LogP contribution in [0, 0.1) is 0 Å². The van der Waals surface area contributed by atoms with E-state index in [9.17, 15) is 9.90 Å². The molecule has 1 amide bonds. The summed E-state index contributed by atoms with van der Waals surface area (Å²) in [6.45, 7) is 19.0. The van der Waals surface area contributed by atoms with E-state index in [1.54, 1.807) is 23.1 Å². The van der Waals surface area contributed by atoms with Crippen molar-refractivity contribution in [2.45, 2.75) is 109 Å². The Morgan fingerprint density at radius 2 is 1.82 bits per heavy atom. The lowest BCUT2D eigenvalue weighted by molar-refractivity contribution is -0.0377. The van der Waals surface area contributed by atoms with Crippen LogP contribution in [0.2, 0.25) is 28.2 Å². The van der Waals surface area contributed by atoms with Crippen LogP contribution in [-0.2, 0) is 9.16 Å². The van der Waals surface area contributed by atoms with Crippen LogP contribution in [0.25, 0.3) is 0 Å². The van der Waals surface area contributed by atoms with E-state index < -0.39 is 31.7 Å². The van der Waals surface area contributed by atoms with Gasteiger partial charge in [0.05, 0.1) is 21.7 Å². The van der Waals surface area contributed by atoms with Gasteiger partial charge in [-0.05, 0) is 63.0 Å². The Balaban J connectivity index is 2.53. The molecule has 1 saturated heterocycles. The molecule has 3 atom stereocenters. The third kappa shape index (κ3) is 6.46. The van der Waals surface area contributed by atoms with Crippen LogP contribution >= 0.6 is 23.2 Å². The van der Waals surface area contributed by atoms with Gasteiger partial charge in [-0.3, -0.25) is 4.90 Å². The molecule has 0 radical (unpaired) electrons. The molecule has 0 spiro atoms. The third-order valence-corrected chi connectivity index (χ3v) is 12.1. The minimum Gasteiger partial charge on any atom is -0.444 e. The molecule has 1 aliphatic heterocycles. The molecule has 0 aromatic heterocycles. The van der Waals surface area contributed by atoms with Gasteiger partial charge in [-0.2, -0.15) is 0 Å². The highest BCUT2D eigenvalue weighted by Crippen LogP contribution is 2.48. The smallest absolute Gasteiger partial charge is 0.410 e. The average molecular weight is 519 g/mol. The number of halogens is 2. The SMILES string of the molecule is CCC[C@]1(C(O)c2ccc(Cl)c(Cl)c2)C[C@@H](O[Si](C)(C)C(C)(C)C)CN1C(=O)OC(C)(C)C. The lowest BCUT2D eigenvalue weighted by atomic mass is 9.81. The van der Waals surface area contributed by atoms with Gasteiger partial charge in [-0.15, -0.1) is 0 Å². The fraction of sp³-hybridized carbons (Fsp3) is 0.720. The van der Waals surface area contributed by atoms with Gasteiger partial charge in [0.2, 0.25) is 0 Å². The molecular formula is C25H41Cl2NO4Si. The zero-order valence-electron chi connectivity index (χ0n) is 21.6. The van der Waals surface area contributed by atoms with E-state index in [0.29, 0.717) is 35.0 Å². The molecule has 0 saturated carbocycles. The summed E-state index contributed by atoms with van der Waals surface area (Å²) >= 11 is 12.4. The lowest BCUT2D eigenvalue weighted by Crippen LogP contribution is -2.52. The summed E-state index contributed by atoms with van der Waals surface area (Å²) in [4.78, 5) is 15.1. The Kier molecular flexibility index (Phi) is 8.67.